The molecule has 3 heterocycles. The Labute approximate surface area is 135 Å². The van der Waals surface area contributed by atoms with Gasteiger partial charge in [-0.05, 0) is 48.9 Å². The van der Waals surface area contributed by atoms with Crippen LogP contribution in [0.1, 0.15) is 36.7 Å². The highest BCUT2D eigenvalue weighted by Crippen LogP contribution is 2.35. The van der Waals surface area contributed by atoms with Crippen molar-refractivity contribution in [3.8, 4) is 6.07 Å². The van der Waals surface area contributed by atoms with Crippen LogP contribution in [0.2, 0.25) is 0 Å². The first-order valence-corrected chi connectivity index (χ1v) is 8.06. The van der Waals surface area contributed by atoms with Gasteiger partial charge in [-0.15, -0.1) is 0 Å². The first kappa shape index (κ1) is 13.8. The molecule has 4 nitrogen and oxygen atoms in total. The second-order valence-electron chi connectivity index (χ2n) is 6.01. The zero-order valence-electron chi connectivity index (χ0n) is 12.9. The Balaban J connectivity index is 1.74. The summed E-state index contributed by atoms with van der Waals surface area (Å²) in [6.45, 7) is 0.974. The van der Waals surface area contributed by atoms with E-state index in [9.17, 15) is 0 Å². The van der Waals surface area contributed by atoms with E-state index in [0.29, 0.717) is 5.69 Å². The van der Waals surface area contributed by atoms with Crippen LogP contribution in [0.5, 0.6) is 0 Å². The molecule has 114 valence electrons. The molecular weight excluding hydrogens is 284 g/mol. The van der Waals surface area contributed by atoms with Crippen LogP contribution in [-0.4, -0.2) is 16.5 Å². The highest BCUT2D eigenvalue weighted by molar-refractivity contribution is 5.80. The molecule has 1 aromatic carbocycles. The van der Waals surface area contributed by atoms with Crippen LogP contribution in [0, 0.1) is 11.3 Å². The van der Waals surface area contributed by atoms with E-state index in [1.54, 1.807) is 6.07 Å². The van der Waals surface area contributed by atoms with Gasteiger partial charge in [-0.25, -0.2) is 4.98 Å². The molecule has 4 rings (SSSR count). The molecule has 2 aromatic heterocycles. The smallest absolute Gasteiger partial charge is 0.142 e. The monoisotopic (exact) mass is 302 g/mol. The number of aromatic amines is 1. The van der Waals surface area contributed by atoms with E-state index < -0.39 is 0 Å². The van der Waals surface area contributed by atoms with E-state index in [1.807, 2.05) is 12.1 Å². The Hall–Kier alpha value is -2.80. The molecule has 0 amide bonds. The largest absolute Gasteiger partial charge is 0.357 e. The number of fused-ring (bicyclic) bond motifs is 1. The minimum absolute atomic E-state index is 0.289. The maximum Gasteiger partial charge on any atom is 0.142 e. The normalized spacial score (nSPS) is 18.0. The number of hydrogen-bond donors (Lipinski definition) is 1. The summed E-state index contributed by atoms with van der Waals surface area (Å²) in [5, 5.41) is 10.3. The first-order valence-electron chi connectivity index (χ1n) is 8.06. The first-order chi connectivity index (χ1) is 11.3. The number of nitrogens with zero attached hydrogens (tertiary/aromatic N) is 3. The zero-order chi connectivity index (χ0) is 15.6. The van der Waals surface area contributed by atoms with E-state index >= 15 is 0 Å². The Morgan fingerprint density at radius 2 is 2.04 bits per heavy atom. The van der Waals surface area contributed by atoms with Gasteiger partial charge in [0, 0.05) is 17.8 Å². The molecule has 1 N–H and O–H groups in total. The average molecular weight is 302 g/mol. The third kappa shape index (κ3) is 2.55. The van der Waals surface area contributed by atoms with Gasteiger partial charge in [0.15, 0.2) is 0 Å². The molecule has 3 aromatic rings. The quantitative estimate of drug-likeness (QED) is 0.773. The molecule has 1 aliphatic heterocycles. The summed E-state index contributed by atoms with van der Waals surface area (Å²) in [7, 11) is 0. The maximum absolute atomic E-state index is 9.10. The van der Waals surface area contributed by atoms with Gasteiger partial charge in [-0.2, -0.15) is 5.26 Å². The summed E-state index contributed by atoms with van der Waals surface area (Å²) < 4.78 is 0. The molecule has 1 saturated heterocycles. The Kier molecular flexibility index (Phi) is 3.47. The third-order valence-electron chi connectivity index (χ3n) is 4.56. The van der Waals surface area contributed by atoms with Gasteiger partial charge >= 0.3 is 0 Å². The molecule has 0 saturated carbocycles. The predicted molar refractivity (Wildman–Crippen MR) is 91.2 cm³/mol. The standard InChI is InChI=1S/C19H18N4/c20-13-15-7-5-10-19(21-15)23-11-4-3-9-18(23)17-12-14-6-1-2-8-16(14)22-17/h1-2,5-8,10,12,18,22H,3-4,9,11H2. The molecule has 0 aliphatic carbocycles. The Morgan fingerprint density at radius 1 is 1.13 bits per heavy atom. The summed E-state index contributed by atoms with van der Waals surface area (Å²) in [6.07, 6.45) is 3.48. The maximum atomic E-state index is 9.10. The van der Waals surface area contributed by atoms with Gasteiger partial charge in [0.1, 0.15) is 17.6 Å². The third-order valence-corrected chi connectivity index (χ3v) is 4.56. The molecule has 1 atom stereocenters. The molecule has 23 heavy (non-hydrogen) atoms. The number of nitriles is 1. The lowest BCUT2D eigenvalue weighted by Gasteiger charge is -2.36. The predicted octanol–water partition coefficient (Wildman–Crippen LogP) is 4.17. The molecule has 4 heteroatoms. The van der Waals surface area contributed by atoms with Crippen LogP contribution in [0.3, 0.4) is 0 Å². The summed E-state index contributed by atoms with van der Waals surface area (Å²) in [6, 6.07) is 18.7. The van der Waals surface area contributed by atoms with Gasteiger partial charge in [0.05, 0.1) is 6.04 Å². The number of hydrogen-bond acceptors (Lipinski definition) is 3. The average Bonchev–Trinajstić information content (AvgIpc) is 3.06. The van der Waals surface area contributed by atoms with Crippen molar-refractivity contribution in [2.75, 3.05) is 11.4 Å². The van der Waals surface area contributed by atoms with E-state index in [2.05, 4.69) is 51.3 Å². The van der Waals surface area contributed by atoms with Crippen molar-refractivity contribution in [3.63, 3.8) is 0 Å². The minimum Gasteiger partial charge on any atom is -0.357 e. The summed E-state index contributed by atoms with van der Waals surface area (Å²) >= 11 is 0. The lowest BCUT2D eigenvalue weighted by atomic mass is 9.99. The number of para-hydroxylation sites is 1. The van der Waals surface area contributed by atoms with Crippen LogP contribution in [0.4, 0.5) is 5.82 Å². The number of benzene rings is 1. The number of pyridine rings is 1. The fourth-order valence-corrected chi connectivity index (χ4v) is 3.45. The molecule has 1 fully saturated rings. The van der Waals surface area contributed by atoms with Crippen LogP contribution >= 0.6 is 0 Å². The lowest BCUT2D eigenvalue weighted by Crippen LogP contribution is -2.34. The SMILES string of the molecule is N#Cc1cccc(N2CCCCC2c2cc3ccccc3[nH]2)n1. The van der Waals surface area contributed by atoms with E-state index in [0.717, 1.165) is 25.2 Å². The van der Waals surface area contributed by atoms with Crippen molar-refractivity contribution in [1.29, 1.82) is 5.26 Å². The lowest BCUT2D eigenvalue weighted by molar-refractivity contribution is 0.463. The van der Waals surface area contributed by atoms with Crippen LogP contribution in [-0.2, 0) is 0 Å². The van der Waals surface area contributed by atoms with Crippen molar-refractivity contribution in [1.82, 2.24) is 9.97 Å². The Morgan fingerprint density at radius 3 is 2.91 bits per heavy atom. The van der Waals surface area contributed by atoms with Crippen LogP contribution in [0.15, 0.2) is 48.5 Å². The van der Waals surface area contributed by atoms with E-state index in [1.165, 1.54) is 23.0 Å². The van der Waals surface area contributed by atoms with E-state index in [-0.39, 0.29) is 6.04 Å². The minimum atomic E-state index is 0.289. The van der Waals surface area contributed by atoms with E-state index in [4.69, 9.17) is 5.26 Å². The van der Waals surface area contributed by atoms with Crippen LogP contribution < -0.4 is 4.90 Å². The fourth-order valence-electron chi connectivity index (χ4n) is 3.45. The van der Waals surface area contributed by atoms with Crippen molar-refractivity contribution in [2.24, 2.45) is 0 Å². The van der Waals surface area contributed by atoms with Gasteiger partial charge < -0.3 is 9.88 Å². The van der Waals surface area contributed by atoms with Crippen molar-refractivity contribution in [3.05, 3.63) is 59.9 Å². The molecule has 1 unspecified atom stereocenters. The second kappa shape index (κ2) is 5.77. The van der Waals surface area contributed by atoms with Gasteiger partial charge in [-0.3, -0.25) is 0 Å². The number of nitrogens with one attached hydrogen (secondary N) is 1. The number of piperidine rings is 1. The summed E-state index contributed by atoms with van der Waals surface area (Å²) in [4.78, 5) is 10.4. The number of rotatable bonds is 2. The number of H-pyrrole nitrogens is 1. The summed E-state index contributed by atoms with van der Waals surface area (Å²) in [5.74, 6) is 0.896. The number of aromatic nitrogens is 2. The van der Waals surface area contributed by atoms with Crippen molar-refractivity contribution in [2.45, 2.75) is 25.3 Å². The topological polar surface area (TPSA) is 55.7 Å². The molecule has 1 aliphatic rings. The molecule has 0 radical (unpaired) electrons. The van der Waals surface area contributed by atoms with Crippen molar-refractivity contribution < 1.29 is 0 Å². The van der Waals surface area contributed by atoms with Crippen LogP contribution in [0.25, 0.3) is 10.9 Å². The molecule has 0 bridgehead atoms. The van der Waals surface area contributed by atoms with Crippen molar-refractivity contribution >= 4 is 16.7 Å². The highest BCUT2D eigenvalue weighted by atomic mass is 15.2. The Bertz CT molecular complexity index is 841. The zero-order valence-corrected chi connectivity index (χ0v) is 12.9. The number of anilines is 1. The molecule has 0 spiro atoms. The summed E-state index contributed by atoms with van der Waals surface area (Å²) in [5.41, 5.74) is 2.88. The fraction of sp³-hybridized carbons (Fsp3) is 0.263. The van der Waals surface area contributed by atoms with Gasteiger partial charge in [-0.1, -0.05) is 24.3 Å². The molecular formula is C19H18N4. The highest BCUT2D eigenvalue weighted by Gasteiger charge is 2.26. The van der Waals surface area contributed by atoms with Gasteiger partial charge in [0.25, 0.3) is 0 Å². The second-order valence-corrected chi connectivity index (χ2v) is 6.01. The van der Waals surface area contributed by atoms with Gasteiger partial charge in [0.2, 0.25) is 0 Å².